The molecule has 0 aliphatic carbocycles. The Morgan fingerprint density at radius 1 is 1.11 bits per heavy atom. The third-order valence-corrected chi connectivity index (χ3v) is 3.16. The van der Waals surface area contributed by atoms with Crippen LogP contribution in [0.25, 0.3) is 0 Å². The Kier molecular flexibility index (Phi) is 5.73. The normalized spacial score (nSPS) is 13.1. The summed E-state index contributed by atoms with van der Waals surface area (Å²) < 4.78 is 27.5. The molecule has 0 spiro atoms. The third-order valence-electron chi connectivity index (χ3n) is 3.16. The zero-order valence-corrected chi connectivity index (χ0v) is 11.7. The van der Waals surface area contributed by atoms with Crippen LogP contribution in [0, 0.1) is 24.5 Å². The van der Waals surface area contributed by atoms with E-state index in [9.17, 15) is 8.78 Å². The van der Waals surface area contributed by atoms with E-state index in [0.717, 1.165) is 19.4 Å². The van der Waals surface area contributed by atoms with Crippen molar-refractivity contribution in [2.75, 3.05) is 6.54 Å². The molecule has 1 N–H and O–H groups in total. The van der Waals surface area contributed by atoms with Crippen molar-refractivity contribution in [1.82, 2.24) is 5.32 Å². The number of benzene rings is 1. The maximum atomic E-state index is 13.9. The molecule has 102 valence electrons. The van der Waals surface area contributed by atoms with Gasteiger partial charge in [0.1, 0.15) is 0 Å². The molecule has 0 amide bonds. The van der Waals surface area contributed by atoms with Crippen LogP contribution in [0.15, 0.2) is 12.1 Å². The van der Waals surface area contributed by atoms with Crippen molar-refractivity contribution in [1.29, 1.82) is 0 Å². The monoisotopic (exact) mass is 255 g/mol. The molecule has 0 bridgehead atoms. The molecule has 0 heterocycles. The number of nitrogens with one attached hydrogen (secondary N) is 1. The van der Waals surface area contributed by atoms with Gasteiger partial charge in [0.2, 0.25) is 0 Å². The summed E-state index contributed by atoms with van der Waals surface area (Å²) in [5.41, 5.74) is 0.802. The molecule has 18 heavy (non-hydrogen) atoms. The van der Waals surface area contributed by atoms with Gasteiger partial charge < -0.3 is 5.32 Å². The van der Waals surface area contributed by atoms with Crippen LogP contribution in [0.3, 0.4) is 0 Å². The first kappa shape index (κ1) is 15.1. The summed E-state index contributed by atoms with van der Waals surface area (Å²) in [5.74, 6) is -0.867. The third kappa shape index (κ3) is 3.77. The van der Waals surface area contributed by atoms with Gasteiger partial charge in [0, 0.05) is 11.6 Å². The second kappa shape index (κ2) is 6.83. The molecule has 0 saturated carbocycles. The molecular weight excluding hydrogens is 232 g/mol. The average Bonchev–Trinajstić information content (AvgIpc) is 2.32. The van der Waals surface area contributed by atoms with Crippen molar-refractivity contribution in [2.45, 2.75) is 46.6 Å². The van der Waals surface area contributed by atoms with Crippen molar-refractivity contribution in [3.8, 4) is 0 Å². The molecule has 0 aliphatic rings. The number of halogens is 2. The van der Waals surface area contributed by atoms with E-state index >= 15 is 0 Å². The summed E-state index contributed by atoms with van der Waals surface area (Å²) in [4.78, 5) is 0. The first-order valence-corrected chi connectivity index (χ1v) is 6.65. The minimum Gasteiger partial charge on any atom is -0.310 e. The zero-order valence-electron chi connectivity index (χ0n) is 11.7. The maximum absolute atomic E-state index is 13.9. The van der Waals surface area contributed by atoms with Crippen LogP contribution in [-0.2, 0) is 0 Å². The molecule has 1 rings (SSSR count). The number of rotatable bonds is 6. The second-order valence-corrected chi connectivity index (χ2v) is 5.18. The van der Waals surface area contributed by atoms with E-state index in [1.807, 2.05) is 6.92 Å². The van der Waals surface area contributed by atoms with Crippen LogP contribution in [0.1, 0.15) is 50.8 Å². The lowest BCUT2D eigenvalue weighted by molar-refractivity contribution is 0.419. The van der Waals surface area contributed by atoms with E-state index in [4.69, 9.17) is 0 Å². The number of hydrogen-bond donors (Lipinski definition) is 1. The Bertz CT molecular complexity index is 388. The lowest BCUT2D eigenvalue weighted by Crippen LogP contribution is -2.23. The van der Waals surface area contributed by atoms with Crippen molar-refractivity contribution >= 4 is 0 Å². The van der Waals surface area contributed by atoms with Gasteiger partial charge in [0.15, 0.2) is 11.6 Å². The van der Waals surface area contributed by atoms with E-state index in [-0.39, 0.29) is 6.04 Å². The van der Waals surface area contributed by atoms with Gasteiger partial charge in [-0.1, -0.05) is 32.9 Å². The largest absolute Gasteiger partial charge is 0.310 e. The van der Waals surface area contributed by atoms with Gasteiger partial charge in [-0.05, 0) is 37.8 Å². The Morgan fingerprint density at radius 3 is 2.33 bits per heavy atom. The van der Waals surface area contributed by atoms with E-state index in [0.29, 0.717) is 17.0 Å². The Labute approximate surface area is 109 Å². The molecule has 0 saturated heterocycles. The highest BCUT2D eigenvalue weighted by Gasteiger charge is 2.19. The predicted molar refractivity (Wildman–Crippen MR) is 71.6 cm³/mol. The summed E-state index contributed by atoms with van der Waals surface area (Å²) >= 11 is 0. The molecule has 1 aromatic carbocycles. The summed E-state index contributed by atoms with van der Waals surface area (Å²) in [7, 11) is 0. The molecule has 3 heteroatoms. The van der Waals surface area contributed by atoms with Gasteiger partial charge in [-0.3, -0.25) is 0 Å². The van der Waals surface area contributed by atoms with Crippen LogP contribution >= 0.6 is 0 Å². The first-order valence-electron chi connectivity index (χ1n) is 6.65. The minimum absolute atomic E-state index is 0.104. The SMILES string of the molecule is CCNC(CCC(C)C)c1ccc(C)c(F)c1F. The molecule has 1 atom stereocenters. The molecule has 0 aromatic heterocycles. The average molecular weight is 255 g/mol. The van der Waals surface area contributed by atoms with Crippen LogP contribution in [0.5, 0.6) is 0 Å². The van der Waals surface area contributed by atoms with E-state index in [1.54, 1.807) is 19.1 Å². The highest BCUT2D eigenvalue weighted by atomic mass is 19.2. The lowest BCUT2D eigenvalue weighted by atomic mass is 9.96. The smallest absolute Gasteiger partial charge is 0.163 e. The zero-order chi connectivity index (χ0) is 13.7. The van der Waals surface area contributed by atoms with Gasteiger partial charge in [0.05, 0.1) is 0 Å². The molecule has 1 unspecified atom stereocenters. The standard InChI is InChI=1S/C15H23F2N/c1-5-18-13(9-6-10(2)3)12-8-7-11(4)14(16)15(12)17/h7-8,10,13,18H,5-6,9H2,1-4H3. The van der Waals surface area contributed by atoms with Crippen molar-refractivity contribution in [2.24, 2.45) is 5.92 Å². The summed E-state index contributed by atoms with van der Waals surface area (Å²) in [5, 5.41) is 3.24. The highest BCUT2D eigenvalue weighted by Crippen LogP contribution is 2.26. The van der Waals surface area contributed by atoms with Gasteiger partial charge >= 0.3 is 0 Å². The Balaban J connectivity index is 2.94. The summed E-state index contributed by atoms with van der Waals surface area (Å²) in [6.07, 6.45) is 1.82. The minimum atomic E-state index is -0.722. The molecule has 0 radical (unpaired) electrons. The number of aryl methyl sites for hydroxylation is 1. The van der Waals surface area contributed by atoms with Gasteiger partial charge in [-0.15, -0.1) is 0 Å². The molecule has 1 nitrogen and oxygen atoms in total. The maximum Gasteiger partial charge on any atom is 0.163 e. The van der Waals surface area contributed by atoms with Gasteiger partial charge in [-0.2, -0.15) is 0 Å². The fourth-order valence-corrected chi connectivity index (χ4v) is 2.04. The highest BCUT2D eigenvalue weighted by molar-refractivity contribution is 5.27. The summed E-state index contributed by atoms with van der Waals surface area (Å²) in [6.45, 7) is 8.57. The topological polar surface area (TPSA) is 12.0 Å². The molecular formula is C15H23F2N. The van der Waals surface area contributed by atoms with Crippen molar-refractivity contribution < 1.29 is 8.78 Å². The fourth-order valence-electron chi connectivity index (χ4n) is 2.04. The van der Waals surface area contributed by atoms with Crippen LogP contribution in [-0.4, -0.2) is 6.54 Å². The Morgan fingerprint density at radius 2 is 1.78 bits per heavy atom. The van der Waals surface area contributed by atoms with E-state index in [1.165, 1.54) is 0 Å². The van der Waals surface area contributed by atoms with Crippen molar-refractivity contribution in [3.05, 3.63) is 34.9 Å². The van der Waals surface area contributed by atoms with E-state index < -0.39 is 11.6 Å². The quantitative estimate of drug-likeness (QED) is 0.796. The van der Waals surface area contributed by atoms with Gasteiger partial charge in [0.25, 0.3) is 0 Å². The number of hydrogen-bond acceptors (Lipinski definition) is 1. The lowest BCUT2D eigenvalue weighted by Gasteiger charge is -2.20. The Hall–Kier alpha value is -0.960. The van der Waals surface area contributed by atoms with Crippen LogP contribution in [0.4, 0.5) is 8.78 Å². The molecule has 0 fully saturated rings. The second-order valence-electron chi connectivity index (χ2n) is 5.18. The molecule has 0 aliphatic heterocycles. The van der Waals surface area contributed by atoms with E-state index in [2.05, 4.69) is 19.2 Å². The first-order chi connectivity index (χ1) is 8.47. The van der Waals surface area contributed by atoms with Crippen molar-refractivity contribution in [3.63, 3.8) is 0 Å². The van der Waals surface area contributed by atoms with Crippen LogP contribution in [0.2, 0.25) is 0 Å². The predicted octanol–water partition coefficient (Wildman–Crippen LogP) is 4.36. The summed E-state index contributed by atoms with van der Waals surface area (Å²) in [6, 6.07) is 3.24. The fraction of sp³-hybridized carbons (Fsp3) is 0.600. The van der Waals surface area contributed by atoms with Crippen LogP contribution < -0.4 is 5.32 Å². The van der Waals surface area contributed by atoms with Gasteiger partial charge in [-0.25, -0.2) is 8.78 Å². The molecule has 1 aromatic rings.